The zero-order chi connectivity index (χ0) is 15.2. The fraction of sp³-hybridized carbons (Fsp3) is 0.308. The van der Waals surface area contributed by atoms with Crippen molar-refractivity contribution in [1.82, 2.24) is 14.8 Å². The summed E-state index contributed by atoms with van der Waals surface area (Å²) in [7, 11) is 1.62. The highest BCUT2D eigenvalue weighted by atomic mass is 35.5. The molecule has 2 aromatic heterocycles. The van der Waals surface area contributed by atoms with Gasteiger partial charge in [0.25, 0.3) is 0 Å². The Bertz CT molecular complexity index is 629. The van der Waals surface area contributed by atoms with Crippen LogP contribution in [0.25, 0.3) is 0 Å². The van der Waals surface area contributed by atoms with Gasteiger partial charge in [-0.2, -0.15) is 5.10 Å². The molecule has 2 heterocycles. The number of carbonyl (C=O) groups excluding carboxylic acids is 1. The normalized spacial score (nSPS) is 10.4. The highest BCUT2D eigenvalue weighted by Crippen LogP contribution is 2.17. The third-order valence-corrected chi connectivity index (χ3v) is 2.93. The lowest BCUT2D eigenvalue weighted by Crippen LogP contribution is -2.20. The predicted molar refractivity (Wildman–Crippen MR) is 80.7 cm³/mol. The largest absolute Gasteiger partial charge is 0.383 e. The third-order valence-electron chi connectivity index (χ3n) is 2.72. The standard InChI is InChI=1S/C13H16ClN5O2/c1-9-8-15-11(14)7-10(9)16-13(20)17-12-3-4-19(18-12)5-6-21-2/h3-4,7-8H,5-6H2,1-2H3,(H2,15,16,17,18,20). The molecule has 0 saturated carbocycles. The number of anilines is 2. The van der Waals surface area contributed by atoms with Crippen LogP contribution in [-0.2, 0) is 11.3 Å². The van der Waals surface area contributed by atoms with E-state index in [0.29, 0.717) is 29.8 Å². The van der Waals surface area contributed by atoms with Crippen LogP contribution < -0.4 is 10.6 Å². The Hall–Kier alpha value is -2.12. The first-order valence-electron chi connectivity index (χ1n) is 6.31. The summed E-state index contributed by atoms with van der Waals surface area (Å²) in [6.07, 6.45) is 3.36. The van der Waals surface area contributed by atoms with Crippen LogP contribution in [0.15, 0.2) is 24.5 Å². The van der Waals surface area contributed by atoms with Crippen molar-refractivity contribution in [2.75, 3.05) is 24.4 Å². The van der Waals surface area contributed by atoms with Crippen LogP contribution in [0, 0.1) is 6.92 Å². The fourth-order valence-corrected chi connectivity index (χ4v) is 1.80. The summed E-state index contributed by atoms with van der Waals surface area (Å²) in [5, 5.41) is 9.87. The van der Waals surface area contributed by atoms with Gasteiger partial charge in [0.2, 0.25) is 0 Å². The Morgan fingerprint density at radius 3 is 3.05 bits per heavy atom. The summed E-state index contributed by atoms with van der Waals surface area (Å²) in [6.45, 7) is 3.01. The second-order valence-corrected chi connectivity index (χ2v) is 4.75. The zero-order valence-electron chi connectivity index (χ0n) is 11.8. The van der Waals surface area contributed by atoms with E-state index in [0.717, 1.165) is 5.56 Å². The number of methoxy groups -OCH3 is 1. The number of pyridine rings is 1. The average molecular weight is 310 g/mol. The summed E-state index contributed by atoms with van der Waals surface area (Å²) in [4.78, 5) is 15.8. The molecule has 0 unspecified atom stereocenters. The molecule has 112 valence electrons. The molecule has 0 aliphatic carbocycles. The third kappa shape index (κ3) is 4.44. The number of hydrogen-bond acceptors (Lipinski definition) is 4. The van der Waals surface area contributed by atoms with Crippen LogP contribution in [0.1, 0.15) is 5.56 Å². The summed E-state index contributed by atoms with van der Waals surface area (Å²) in [6, 6.07) is 2.91. The number of amides is 2. The number of nitrogens with one attached hydrogen (secondary N) is 2. The molecule has 2 amide bonds. The quantitative estimate of drug-likeness (QED) is 0.832. The van der Waals surface area contributed by atoms with Crippen LogP contribution in [0.2, 0.25) is 5.15 Å². The van der Waals surface area contributed by atoms with Crippen molar-refractivity contribution in [1.29, 1.82) is 0 Å². The SMILES string of the molecule is COCCn1ccc(NC(=O)Nc2cc(Cl)ncc2C)n1. The Labute approximate surface area is 127 Å². The number of hydrogen-bond donors (Lipinski definition) is 2. The van der Waals surface area contributed by atoms with Crippen LogP contribution in [0.3, 0.4) is 0 Å². The van der Waals surface area contributed by atoms with E-state index in [9.17, 15) is 4.79 Å². The van der Waals surface area contributed by atoms with E-state index in [1.807, 2.05) is 6.92 Å². The van der Waals surface area contributed by atoms with Gasteiger partial charge in [0.05, 0.1) is 13.2 Å². The Balaban J connectivity index is 1.95. The maximum absolute atomic E-state index is 11.9. The van der Waals surface area contributed by atoms with E-state index < -0.39 is 6.03 Å². The fourth-order valence-electron chi connectivity index (χ4n) is 1.64. The molecular weight excluding hydrogens is 294 g/mol. The number of halogens is 1. The van der Waals surface area contributed by atoms with E-state index in [1.54, 1.807) is 36.3 Å². The molecule has 0 aliphatic rings. The molecule has 21 heavy (non-hydrogen) atoms. The molecule has 0 aromatic carbocycles. The van der Waals surface area contributed by atoms with Crippen LogP contribution in [-0.4, -0.2) is 34.5 Å². The first-order chi connectivity index (χ1) is 10.1. The number of aryl methyl sites for hydroxylation is 1. The van der Waals surface area contributed by atoms with Gasteiger partial charge in [0.15, 0.2) is 5.82 Å². The molecular formula is C13H16ClN5O2. The van der Waals surface area contributed by atoms with Crippen molar-refractivity contribution in [3.8, 4) is 0 Å². The number of rotatable bonds is 5. The lowest BCUT2D eigenvalue weighted by atomic mass is 10.2. The van der Waals surface area contributed by atoms with Crippen molar-refractivity contribution in [2.45, 2.75) is 13.5 Å². The lowest BCUT2D eigenvalue weighted by molar-refractivity contribution is 0.183. The van der Waals surface area contributed by atoms with E-state index >= 15 is 0 Å². The molecule has 8 heteroatoms. The van der Waals surface area contributed by atoms with Crippen molar-refractivity contribution < 1.29 is 9.53 Å². The Morgan fingerprint density at radius 1 is 1.48 bits per heavy atom. The molecule has 2 N–H and O–H groups in total. The van der Waals surface area contributed by atoms with Gasteiger partial charge >= 0.3 is 6.03 Å². The molecule has 0 fully saturated rings. The Kier molecular flexibility index (Phi) is 5.13. The highest BCUT2D eigenvalue weighted by Gasteiger charge is 2.08. The van der Waals surface area contributed by atoms with Crippen molar-refractivity contribution >= 4 is 29.1 Å². The molecule has 7 nitrogen and oxygen atoms in total. The topological polar surface area (TPSA) is 81.1 Å². The highest BCUT2D eigenvalue weighted by molar-refractivity contribution is 6.29. The monoisotopic (exact) mass is 309 g/mol. The molecule has 2 aromatic rings. The van der Waals surface area contributed by atoms with Gasteiger partial charge in [-0.25, -0.2) is 9.78 Å². The van der Waals surface area contributed by atoms with Gasteiger partial charge in [-0.1, -0.05) is 11.6 Å². The predicted octanol–water partition coefficient (Wildman–Crippen LogP) is 2.53. The van der Waals surface area contributed by atoms with Crippen LogP contribution >= 0.6 is 11.6 Å². The number of urea groups is 1. The minimum absolute atomic E-state index is 0.319. The number of aromatic nitrogens is 3. The molecule has 0 bridgehead atoms. The number of carbonyl (C=O) groups is 1. The molecule has 0 aliphatic heterocycles. The van der Waals surface area contributed by atoms with Gasteiger partial charge in [-0.05, 0) is 18.6 Å². The first-order valence-corrected chi connectivity index (χ1v) is 6.69. The van der Waals surface area contributed by atoms with E-state index in [4.69, 9.17) is 16.3 Å². The maximum atomic E-state index is 11.9. The van der Waals surface area contributed by atoms with Crippen LogP contribution in [0.4, 0.5) is 16.3 Å². The lowest BCUT2D eigenvalue weighted by Gasteiger charge is -2.08. The molecule has 0 atom stereocenters. The summed E-state index contributed by atoms with van der Waals surface area (Å²) in [5.74, 6) is 0.460. The summed E-state index contributed by atoms with van der Waals surface area (Å²) >= 11 is 5.80. The average Bonchev–Trinajstić information content (AvgIpc) is 2.88. The van der Waals surface area contributed by atoms with E-state index in [1.165, 1.54) is 0 Å². The van der Waals surface area contributed by atoms with Crippen molar-refractivity contribution in [3.63, 3.8) is 0 Å². The van der Waals surface area contributed by atoms with Gasteiger partial charge in [0, 0.05) is 31.3 Å². The van der Waals surface area contributed by atoms with Gasteiger partial charge in [-0.3, -0.25) is 10.00 Å². The summed E-state index contributed by atoms with van der Waals surface area (Å²) in [5.41, 5.74) is 1.42. The summed E-state index contributed by atoms with van der Waals surface area (Å²) < 4.78 is 6.65. The maximum Gasteiger partial charge on any atom is 0.324 e. The second kappa shape index (κ2) is 7.05. The first kappa shape index (κ1) is 15.3. The van der Waals surface area contributed by atoms with Crippen LogP contribution in [0.5, 0.6) is 0 Å². The van der Waals surface area contributed by atoms with Gasteiger partial charge in [-0.15, -0.1) is 0 Å². The minimum Gasteiger partial charge on any atom is -0.383 e. The van der Waals surface area contributed by atoms with Crippen molar-refractivity contribution in [3.05, 3.63) is 35.2 Å². The smallest absolute Gasteiger partial charge is 0.324 e. The van der Waals surface area contributed by atoms with E-state index in [2.05, 4.69) is 20.7 Å². The minimum atomic E-state index is -0.391. The molecule has 0 saturated heterocycles. The Morgan fingerprint density at radius 2 is 2.29 bits per heavy atom. The number of nitrogens with zero attached hydrogens (tertiary/aromatic N) is 3. The van der Waals surface area contributed by atoms with E-state index in [-0.39, 0.29) is 0 Å². The molecule has 2 rings (SSSR count). The van der Waals surface area contributed by atoms with Gasteiger partial charge < -0.3 is 10.1 Å². The van der Waals surface area contributed by atoms with Crippen molar-refractivity contribution in [2.24, 2.45) is 0 Å². The molecule has 0 radical (unpaired) electrons. The second-order valence-electron chi connectivity index (χ2n) is 4.36. The number of ether oxygens (including phenoxy) is 1. The molecule has 0 spiro atoms. The zero-order valence-corrected chi connectivity index (χ0v) is 12.5. The van der Waals surface area contributed by atoms with Gasteiger partial charge in [0.1, 0.15) is 5.15 Å².